The van der Waals surface area contributed by atoms with E-state index in [0.717, 1.165) is 15.7 Å². The van der Waals surface area contributed by atoms with Gasteiger partial charge in [-0.3, -0.25) is 9.56 Å². The van der Waals surface area contributed by atoms with E-state index in [1.54, 1.807) is 4.57 Å². The van der Waals surface area contributed by atoms with Crippen LogP contribution in [0.1, 0.15) is 21.7 Å². The van der Waals surface area contributed by atoms with Crippen LogP contribution in [0, 0.1) is 0 Å². The first-order valence-corrected chi connectivity index (χ1v) is 6.55. The summed E-state index contributed by atoms with van der Waals surface area (Å²) in [6.45, 7) is 0.187. The number of carboxylic acids is 1. The van der Waals surface area contributed by atoms with Crippen LogP contribution < -0.4 is 0 Å². The highest BCUT2D eigenvalue weighted by atomic mass is 79.9. The summed E-state index contributed by atoms with van der Waals surface area (Å²) in [5.74, 6) is -1.07. The van der Waals surface area contributed by atoms with Crippen molar-refractivity contribution in [2.24, 2.45) is 4.99 Å². The minimum absolute atomic E-state index is 0.00369. The van der Waals surface area contributed by atoms with E-state index < -0.39 is 5.97 Å². The van der Waals surface area contributed by atoms with Crippen LogP contribution in [-0.2, 0) is 6.54 Å². The molecule has 1 aromatic carbocycles. The van der Waals surface area contributed by atoms with E-state index in [-0.39, 0.29) is 12.2 Å². The summed E-state index contributed by atoms with van der Waals surface area (Å²) in [4.78, 5) is 19.3. The second-order valence-corrected chi connectivity index (χ2v) is 5.26. The third-order valence-corrected chi connectivity index (χ3v) is 3.69. The fourth-order valence-electron chi connectivity index (χ4n) is 2.02. The lowest BCUT2D eigenvalue weighted by atomic mass is 10.2. The highest BCUT2D eigenvalue weighted by molar-refractivity contribution is 9.10. The lowest BCUT2D eigenvalue weighted by Gasteiger charge is -2.09. The zero-order valence-electron chi connectivity index (χ0n) is 9.47. The van der Waals surface area contributed by atoms with Crippen molar-refractivity contribution in [2.45, 2.75) is 6.54 Å². The van der Waals surface area contributed by atoms with Crippen LogP contribution in [0.15, 0.2) is 34.0 Å². The van der Waals surface area contributed by atoms with Gasteiger partial charge in [-0.2, -0.15) is 0 Å². The molecule has 19 heavy (non-hydrogen) atoms. The molecule has 2 aromatic rings. The number of hydrogen-bond donors (Lipinski definition) is 1. The predicted molar refractivity (Wildman–Crippen MR) is 74.3 cm³/mol. The normalized spacial score (nSPS) is 13.3. The van der Waals surface area contributed by atoms with Crippen LogP contribution in [0.3, 0.4) is 0 Å². The van der Waals surface area contributed by atoms with E-state index in [2.05, 4.69) is 25.9 Å². The third-order valence-electron chi connectivity index (χ3n) is 2.88. The second kappa shape index (κ2) is 4.47. The molecule has 1 aliphatic heterocycles. The standard InChI is InChI=1S/C12H7BrClN3O2/c13-6-1-2-8-7(3-6)11(14)15-4-9-10(12(18)19)16-5-17(8)9/h1-3,5H,4H2,(H,18,19). The molecular weight excluding hydrogens is 334 g/mol. The number of imidazole rings is 1. The Balaban J connectivity index is 2.31. The zero-order valence-corrected chi connectivity index (χ0v) is 11.8. The largest absolute Gasteiger partial charge is 0.476 e. The van der Waals surface area contributed by atoms with E-state index in [1.165, 1.54) is 6.33 Å². The number of carboxylic acid groups (broad SMARTS) is 1. The molecule has 2 heterocycles. The zero-order chi connectivity index (χ0) is 13.6. The van der Waals surface area contributed by atoms with Gasteiger partial charge in [-0.15, -0.1) is 0 Å². The van der Waals surface area contributed by atoms with Crippen molar-refractivity contribution in [2.75, 3.05) is 0 Å². The molecule has 0 unspecified atom stereocenters. The summed E-state index contributed by atoms with van der Waals surface area (Å²) < 4.78 is 2.59. The van der Waals surface area contributed by atoms with Gasteiger partial charge in [0.1, 0.15) is 11.5 Å². The van der Waals surface area contributed by atoms with Crippen LogP contribution in [0.2, 0.25) is 0 Å². The second-order valence-electron chi connectivity index (χ2n) is 3.98. The molecule has 5 nitrogen and oxygen atoms in total. The lowest BCUT2D eigenvalue weighted by Crippen LogP contribution is -2.05. The van der Waals surface area contributed by atoms with Crippen LogP contribution in [0.25, 0.3) is 5.69 Å². The SMILES string of the molecule is O=C(O)c1ncn2c1CN=C(Cl)c1cc(Br)ccc1-2. The van der Waals surface area contributed by atoms with Gasteiger partial charge in [0, 0.05) is 10.0 Å². The van der Waals surface area contributed by atoms with E-state index in [9.17, 15) is 4.79 Å². The van der Waals surface area contributed by atoms with E-state index in [4.69, 9.17) is 16.7 Å². The highest BCUT2D eigenvalue weighted by Crippen LogP contribution is 2.27. The van der Waals surface area contributed by atoms with Gasteiger partial charge >= 0.3 is 5.97 Å². The number of aromatic nitrogens is 2. The molecular formula is C12H7BrClN3O2. The molecule has 3 rings (SSSR count). The minimum atomic E-state index is -1.07. The van der Waals surface area contributed by atoms with Crippen molar-refractivity contribution >= 4 is 38.7 Å². The average Bonchev–Trinajstić information content (AvgIpc) is 2.74. The molecule has 0 fully saturated rings. The van der Waals surface area contributed by atoms with E-state index in [0.29, 0.717) is 10.9 Å². The Morgan fingerprint density at radius 3 is 3.00 bits per heavy atom. The van der Waals surface area contributed by atoms with Crippen molar-refractivity contribution in [3.8, 4) is 5.69 Å². The molecule has 0 atom stereocenters. The Morgan fingerprint density at radius 2 is 2.26 bits per heavy atom. The van der Waals surface area contributed by atoms with Gasteiger partial charge in [0.05, 0.1) is 17.9 Å². The summed E-state index contributed by atoms with van der Waals surface area (Å²) >= 11 is 9.53. The number of hydrogen-bond acceptors (Lipinski definition) is 3. The molecule has 1 aliphatic rings. The number of rotatable bonds is 1. The predicted octanol–water partition coefficient (Wildman–Crippen LogP) is 2.83. The molecule has 0 saturated heterocycles. The molecule has 0 spiro atoms. The molecule has 0 amide bonds. The molecule has 0 radical (unpaired) electrons. The number of benzene rings is 1. The topological polar surface area (TPSA) is 67.5 Å². The van der Waals surface area contributed by atoms with Gasteiger partial charge in [-0.05, 0) is 18.2 Å². The fraction of sp³-hybridized carbons (Fsp3) is 0.0833. The Labute approximate surface area is 121 Å². The minimum Gasteiger partial charge on any atom is -0.476 e. The fourth-order valence-corrected chi connectivity index (χ4v) is 2.60. The van der Waals surface area contributed by atoms with E-state index >= 15 is 0 Å². The first-order chi connectivity index (χ1) is 9.08. The van der Waals surface area contributed by atoms with Crippen molar-refractivity contribution in [1.82, 2.24) is 9.55 Å². The third kappa shape index (κ3) is 1.97. The van der Waals surface area contributed by atoms with Gasteiger partial charge < -0.3 is 5.11 Å². The molecule has 96 valence electrons. The number of aromatic carboxylic acids is 1. The van der Waals surface area contributed by atoms with Gasteiger partial charge in [0.15, 0.2) is 5.69 Å². The molecule has 0 saturated carbocycles. The number of fused-ring (bicyclic) bond motifs is 3. The van der Waals surface area contributed by atoms with Gasteiger partial charge in [0.25, 0.3) is 0 Å². The van der Waals surface area contributed by atoms with E-state index in [1.807, 2.05) is 18.2 Å². The van der Waals surface area contributed by atoms with Gasteiger partial charge in [0.2, 0.25) is 0 Å². The van der Waals surface area contributed by atoms with Gasteiger partial charge in [-0.1, -0.05) is 27.5 Å². The monoisotopic (exact) mass is 339 g/mol. The number of carbonyl (C=O) groups is 1. The number of nitrogens with zero attached hydrogens (tertiary/aromatic N) is 3. The average molecular weight is 341 g/mol. The van der Waals surface area contributed by atoms with Crippen molar-refractivity contribution < 1.29 is 9.90 Å². The van der Waals surface area contributed by atoms with Crippen molar-refractivity contribution in [3.05, 3.63) is 46.0 Å². The molecule has 0 aliphatic carbocycles. The number of aliphatic imine (C=N–C) groups is 1. The van der Waals surface area contributed by atoms with Crippen LogP contribution >= 0.6 is 27.5 Å². The maximum Gasteiger partial charge on any atom is 0.356 e. The molecule has 1 N–H and O–H groups in total. The summed E-state index contributed by atoms with van der Waals surface area (Å²) in [6, 6.07) is 5.55. The Bertz CT molecular complexity index is 724. The Kier molecular flexibility index (Phi) is 2.91. The summed E-state index contributed by atoms with van der Waals surface area (Å²) in [5, 5.41) is 9.47. The Hall–Kier alpha value is -1.66. The van der Waals surface area contributed by atoms with Crippen molar-refractivity contribution in [3.63, 3.8) is 0 Å². The van der Waals surface area contributed by atoms with Crippen LogP contribution in [0.5, 0.6) is 0 Å². The lowest BCUT2D eigenvalue weighted by molar-refractivity contribution is 0.0689. The Morgan fingerprint density at radius 1 is 1.47 bits per heavy atom. The van der Waals surface area contributed by atoms with Crippen LogP contribution in [-0.4, -0.2) is 25.8 Å². The first-order valence-electron chi connectivity index (χ1n) is 5.37. The highest BCUT2D eigenvalue weighted by Gasteiger charge is 2.22. The van der Waals surface area contributed by atoms with Crippen LogP contribution in [0.4, 0.5) is 0 Å². The first kappa shape index (κ1) is 12.4. The maximum absolute atomic E-state index is 11.1. The maximum atomic E-state index is 11.1. The quantitative estimate of drug-likeness (QED) is 0.868. The molecule has 0 bridgehead atoms. The summed E-state index contributed by atoms with van der Waals surface area (Å²) in [6.07, 6.45) is 1.48. The summed E-state index contributed by atoms with van der Waals surface area (Å²) in [5.41, 5.74) is 2.03. The number of halogens is 2. The molecule has 1 aromatic heterocycles. The smallest absolute Gasteiger partial charge is 0.356 e. The van der Waals surface area contributed by atoms with Gasteiger partial charge in [-0.25, -0.2) is 9.78 Å². The van der Waals surface area contributed by atoms with Crippen molar-refractivity contribution in [1.29, 1.82) is 0 Å². The summed E-state index contributed by atoms with van der Waals surface area (Å²) in [7, 11) is 0. The molecule has 7 heteroatoms.